The molecule has 0 fully saturated rings. The molecule has 0 bridgehead atoms. The van der Waals surface area contributed by atoms with E-state index in [0.717, 1.165) is 23.9 Å². The first-order chi connectivity index (χ1) is 21.4. The first-order valence-corrected chi connectivity index (χ1v) is 16.3. The largest absolute Gasteiger partial charge is 0.481 e. The van der Waals surface area contributed by atoms with Crippen LogP contribution in [0.25, 0.3) is 0 Å². The van der Waals surface area contributed by atoms with Gasteiger partial charge in [0.2, 0.25) is 17.7 Å². The third kappa shape index (κ3) is 23.1. The minimum Gasteiger partial charge on any atom is -0.481 e. The summed E-state index contributed by atoms with van der Waals surface area (Å²) in [5.41, 5.74) is 5.43. The van der Waals surface area contributed by atoms with E-state index in [0.29, 0.717) is 51.6 Å². The fourth-order valence-corrected chi connectivity index (χ4v) is 4.77. The summed E-state index contributed by atoms with van der Waals surface area (Å²) < 4.78 is 6.55. The molecule has 16 nitrogen and oxygen atoms in total. The number of unbranched alkanes of at least 4 members (excludes halogenated alkanes) is 4. The summed E-state index contributed by atoms with van der Waals surface area (Å²) in [5, 5.41) is 35.6. The number of aliphatic carboxylic acids is 3. The van der Waals surface area contributed by atoms with Crippen LogP contribution in [-0.4, -0.2) is 105 Å². The number of carbonyl (C=O) groups excluding carboxylic acids is 3. The maximum atomic E-state index is 12.3. The van der Waals surface area contributed by atoms with Gasteiger partial charge in [0.15, 0.2) is 0 Å². The quantitative estimate of drug-likeness (QED) is 0.0314. The van der Waals surface area contributed by atoms with Crippen LogP contribution < -0.4 is 21.7 Å². The average molecular weight is 666 g/mol. The van der Waals surface area contributed by atoms with Gasteiger partial charge in [-0.25, -0.2) is 9.46 Å². The number of rotatable bonds is 29. The number of nitrogens with zero attached hydrogens (tertiary/aromatic N) is 1. The number of carboxylic acid groups (broad SMARTS) is 3. The molecule has 4 atom stereocenters. The van der Waals surface area contributed by atoms with Crippen molar-refractivity contribution in [1.29, 1.82) is 0 Å². The average Bonchev–Trinajstić information content (AvgIpc) is 2.97. The highest BCUT2D eigenvalue weighted by molar-refractivity contribution is 7.28. The van der Waals surface area contributed by atoms with E-state index in [1.165, 1.54) is 0 Å². The standard InChI is InChI=1S/C28H52N5O11P/c1-20(9-8-18-44-19-33(45-43)22(28(41)42)13-15-26(37)38)31-25(36)14-12-21(27(39)40)32-24(35)11-5-3-7-17-30-23(34)10-4-2-6-16-29/h20-22,43,45H,2-19,29H2,1H3,(H,30,34)(H,31,36)(H,32,35)(H,37,38)(H,39,40)(H,41,42)/t20-,21+,22+/m1/s1. The molecule has 17 heteroatoms. The van der Waals surface area contributed by atoms with Crippen molar-refractivity contribution in [2.75, 3.05) is 26.4 Å². The van der Waals surface area contributed by atoms with Crippen LogP contribution in [-0.2, 0) is 33.5 Å². The molecule has 9 N–H and O–H groups in total. The lowest BCUT2D eigenvalue weighted by molar-refractivity contribution is -0.144. The summed E-state index contributed by atoms with van der Waals surface area (Å²) in [6.45, 7) is 2.89. The number of amides is 3. The van der Waals surface area contributed by atoms with Gasteiger partial charge in [-0.3, -0.25) is 24.0 Å². The molecule has 0 aliphatic carbocycles. The van der Waals surface area contributed by atoms with Gasteiger partial charge in [-0.2, -0.15) is 0 Å². The van der Waals surface area contributed by atoms with Gasteiger partial charge in [-0.05, 0) is 64.8 Å². The zero-order valence-corrected chi connectivity index (χ0v) is 27.1. The van der Waals surface area contributed by atoms with Gasteiger partial charge in [0.1, 0.15) is 18.8 Å². The highest BCUT2D eigenvalue weighted by Crippen LogP contribution is 2.20. The molecule has 260 valence electrons. The van der Waals surface area contributed by atoms with Gasteiger partial charge < -0.3 is 46.6 Å². The van der Waals surface area contributed by atoms with E-state index in [1.807, 2.05) is 0 Å². The Balaban J connectivity index is 4.21. The number of carbonyl (C=O) groups is 6. The zero-order chi connectivity index (χ0) is 34.0. The summed E-state index contributed by atoms with van der Waals surface area (Å²) in [6, 6.07) is -2.67. The van der Waals surface area contributed by atoms with Crippen molar-refractivity contribution >= 4 is 44.6 Å². The first kappa shape index (κ1) is 42.1. The fraction of sp³-hybridized carbons (Fsp3) is 0.786. The third-order valence-electron chi connectivity index (χ3n) is 6.79. The molecule has 1 unspecified atom stereocenters. The zero-order valence-electron chi connectivity index (χ0n) is 26.1. The number of ether oxygens (including phenoxy) is 1. The number of carboxylic acids is 3. The molecule has 0 aromatic heterocycles. The molecule has 0 aromatic rings. The van der Waals surface area contributed by atoms with Gasteiger partial charge in [0.05, 0.1) is 8.96 Å². The van der Waals surface area contributed by atoms with Crippen LogP contribution in [0.4, 0.5) is 0 Å². The van der Waals surface area contributed by atoms with E-state index in [4.69, 9.17) is 15.6 Å². The number of hydrogen-bond donors (Lipinski definition) is 8. The number of hydrogen-bond acceptors (Lipinski definition) is 10. The molecular formula is C28H52N5O11P. The lowest BCUT2D eigenvalue weighted by Gasteiger charge is -2.25. The molecule has 0 rings (SSSR count). The molecular weight excluding hydrogens is 613 g/mol. The van der Waals surface area contributed by atoms with Crippen molar-refractivity contribution in [2.24, 2.45) is 5.73 Å². The van der Waals surface area contributed by atoms with Crippen molar-refractivity contribution in [1.82, 2.24) is 20.6 Å². The van der Waals surface area contributed by atoms with E-state index >= 15 is 0 Å². The Morgan fingerprint density at radius 1 is 0.756 bits per heavy atom. The maximum Gasteiger partial charge on any atom is 0.326 e. The molecule has 0 radical (unpaired) electrons. The molecule has 0 saturated carbocycles. The fourth-order valence-electron chi connectivity index (χ4n) is 4.24. The molecule has 0 aromatic carbocycles. The minimum absolute atomic E-state index is 0.00685. The summed E-state index contributed by atoms with van der Waals surface area (Å²) >= 11 is 0. The van der Waals surface area contributed by atoms with Crippen LogP contribution in [0.5, 0.6) is 0 Å². The van der Waals surface area contributed by atoms with Crippen LogP contribution in [0.15, 0.2) is 0 Å². The van der Waals surface area contributed by atoms with Crippen LogP contribution in [0.3, 0.4) is 0 Å². The van der Waals surface area contributed by atoms with Gasteiger partial charge in [0, 0.05) is 44.9 Å². The van der Waals surface area contributed by atoms with Gasteiger partial charge >= 0.3 is 17.9 Å². The molecule has 0 saturated heterocycles. The van der Waals surface area contributed by atoms with Gasteiger partial charge in [-0.15, -0.1) is 0 Å². The lowest BCUT2D eigenvalue weighted by atomic mass is 10.1. The van der Waals surface area contributed by atoms with Crippen molar-refractivity contribution in [3.05, 3.63) is 0 Å². The Kier molecular flexibility index (Phi) is 24.6. The van der Waals surface area contributed by atoms with Crippen LogP contribution in [0.1, 0.15) is 96.8 Å². The molecule has 3 amide bonds. The van der Waals surface area contributed by atoms with Crippen LogP contribution >= 0.6 is 8.96 Å². The topological polar surface area (TPSA) is 258 Å². The lowest BCUT2D eigenvalue weighted by Crippen LogP contribution is -2.42. The minimum atomic E-state index is -1.26. The predicted molar refractivity (Wildman–Crippen MR) is 166 cm³/mol. The second-order valence-corrected chi connectivity index (χ2v) is 11.5. The third-order valence-corrected chi connectivity index (χ3v) is 7.49. The van der Waals surface area contributed by atoms with E-state index in [-0.39, 0.29) is 63.3 Å². The maximum absolute atomic E-state index is 12.3. The normalized spacial score (nSPS) is 13.3. The monoisotopic (exact) mass is 665 g/mol. The molecule has 45 heavy (non-hydrogen) atoms. The summed E-state index contributed by atoms with van der Waals surface area (Å²) in [4.78, 5) is 79.5. The van der Waals surface area contributed by atoms with Crippen molar-refractivity contribution in [3.63, 3.8) is 0 Å². The Hall–Kier alpha value is -2.91. The summed E-state index contributed by atoms with van der Waals surface area (Å²) in [5.74, 6) is -4.44. The second-order valence-electron chi connectivity index (χ2n) is 10.8. The first-order valence-electron chi connectivity index (χ1n) is 15.4. The van der Waals surface area contributed by atoms with E-state index in [2.05, 4.69) is 16.0 Å². The van der Waals surface area contributed by atoms with Gasteiger partial charge in [-0.1, -0.05) is 12.8 Å². The highest BCUT2D eigenvalue weighted by atomic mass is 31.1. The molecule has 0 spiro atoms. The summed E-state index contributed by atoms with van der Waals surface area (Å²) in [7, 11) is -0.885. The Labute approximate surface area is 266 Å². The molecule has 0 heterocycles. The molecule has 0 aliphatic rings. The van der Waals surface area contributed by atoms with Gasteiger partial charge in [0.25, 0.3) is 0 Å². The van der Waals surface area contributed by atoms with E-state index < -0.39 is 44.9 Å². The smallest absolute Gasteiger partial charge is 0.326 e. The summed E-state index contributed by atoms with van der Waals surface area (Å²) in [6.07, 6.45) is 5.42. The van der Waals surface area contributed by atoms with Crippen LogP contribution in [0.2, 0.25) is 0 Å². The van der Waals surface area contributed by atoms with Crippen molar-refractivity contribution < 1.29 is 53.7 Å². The van der Waals surface area contributed by atoms with Crippen molar-refractivity contribution in [3.8, 4) is 0 Å². The van der Waals surface area contributed by atoms with Crippen molar-refractivity contribution in [2.45, 2.75) is 115 Å². The Morgan fingerprint density at radius 3 is 2.00 bits per heavy atom. The van der Waals surface area contributed by atoms with Crippen LogP contribution in [0, 0.1) is 0 Å². The van der Waals surface area contributed by atoms with E-state index in [1.54, 1.807) is 6.92 Å². The predicted octanol–water partition coefficient (Wildman–Crippen LogP) is 0.912. The number of nitrogens with two attached hydrogens (primary N) is 1. The SMILES string of the molecule is C[C@H](CCCOCN(PO)[C@@H](CCC(=O)O)C(=O)O)NC(=O)CC[C@H](NC(=O)CCCCCNC(=O)CCCCCN)C(=O)O. The molecule has 0 aliphatic heterocycles. The van der Waals surface area contributed by atoms with E-state index in [9.17, 15) is 43.9 Å². The second kappa shape index (κ2) is 26.3. The Bertz CT molecular complexity index is 912. The highest BCUT2D eigenvalue weighted by Gasteiger charge is 2.26. The number of nitrogens with one attached hydrogen (secondary N) is 3. The Morgan fingerprint density at radius 2 is 1.40 bits per heavy atom.